The predicted octanol–water partition coefficient (Wildman–Crippen LogP) is 4.22. The van der Waals surface area contributed by atoms with E-state index in [2.05, 4.69) is 46.9 Å². The number of guanidine groups is 1. The van der Waals surface area contributed by atoms with E-state index >= 15 is 0 Å². The van der Waals surface area contributed by atoms with Crippen LogP contribution >= 0.6 is 24.0 Å². The Labute approximate surface area is 213 Å². The largest absolute Gasteiger partial charge is 0.497 e. The Morgan fingerprint density at radius 1 is 1.03 bits per heavy atom. The minimum absolute atomic E-state index is 0. The van der Waals surface area contributed by atoms with E-state index in [1.807, 2.05) is 41.2 Å². The first-order valence-corrected chi connectivity index (χ1v) is 11.1. The average molecular weight is 563 g/mol. The maximum Gasteiger partial charge on any atom is 0.191 e. The van der Waals surface area contributed by atoms with Gasteiger partial charge in [0.25, 0.3) is 0 Å². The summed E-state index contributed by atoms with van der Waals surface area (Å²) < 4.78 is 12.9. The van der Waals surface area contributed by atoms with Crippen molar-refractivity contribution in [2.45, 2.75) is 33.0 Å². The lowest BCUT2D eigenvalue weighted by molar-refractivity contribution is 0.119. The fourth-order valence-electron chi connectivity index (χ4n) is 3.23. The molecule has 0 radical (unpaired) electrons. The number of aliphatic imine (C=N–C) groups is 1. The second-order valence-corrected chi connectivity index (χ2v) is 7.35. The predicted molar refractivity (Wildman–Crippen MR) is 143 cm³/mol. The maximum absolute atomic E-state index is 5.78. The molecule has 3 rings (SSSR count). The van der Waals surface area contributed by atoms with Gasteiger partial charge >= 0.3 is 0 Å². The summed E-state index contributed by atoms with van der Waals surface area (Å²) in [6, 6.07) is 18.3. The van der Waals surface area contributed by atoms with Crippen LogP contribution in [0.25, 0.3) is 0 Å². The van der Waals surface area contributed by atoms with E-state index in [1.54, 1.807) is 13.3 Å². The van der Waals surface area contributed by atoms with Gasteiger partial charge in [0.2, 0.25) is 0 Å². The lowest BCUT2D eigenvalue weighted by atomic mass is 10.1. The van der Waals surface area contributed by atoms with Crippen molar-refractivity contribution in [2.24, 2.45) is 4.99 Å². The normalized spacial score (nSPS) is 11.0. The lowest BCUT2D eigenvalue weighted by Gasteiger charge is -2.13. The number of nitrogens with zero attached hydrogens (tertiary/aromatic N) is 3. The van der Waals surface area contributed by atoms with Crippen LogP contribution in [-0.2, 0) is 24.4 Å². The summed E-state index contributed by atoms with van der Waals surface area (Å²) in [7, 11) is 1.67. The molecule has 0 aliphatic heterocycles. The third-order valence-corrected chi connectivity index (χ3v) is 4.95. The highest BCUT2D eigenvalue weighted by atomic mass is 127. The first-order chi connectivity index (χ1) is 15.8. The van der Waals surface area contributed by atoms with Crippen LogP contribution in [0.3, 0.4) is 0 Å². The number of ether oxygens (including phenoxy) is 2. The summed E-state index contributed by atoms with van der Waals surface area (Å²) >= 11 is 0. The lowest BCUT2D eigenvalue weighted by Crippen LogP contribution is -2.38. The van der Waals surface area contributed by atoms with E-state index < -0.39 is 0 Å². The van der Waals surface area contributed by atoms with Crippen molar-refractivity contribution in [3.05, 3.63) is 83.7 Å². The maximum atomic E-state index is 5.78. The molecule has 0 aliphatic carbocycles. The first-order valence-electron chi connectivity index (χ1n) is 11.1. The molecule has 0 amide bonds. The number of aromatic nitrogens is 2. The third kappa shape index (κ3) is 9.43. The minimum atomic E-state index is 0. The number of hydrogen-bond acceptors (Lipinski definition) is 4. The summed E-state index contributed by atoms with van der Waals surface area (Å²) in [6.07, 6.45) is 4.67. The quantitative estimate of drug-likeness (QED) is 0.150. The van der Waals surface area contributed by atoms with Gasteiger partial charge in [0.05, 0.1) is 26.8 Å². The monoisotopic (exact) mass is 563 g/mol. The van der Waals surface area contributed by atoms with E-state index in [4.69, 9.17) is 14.5 Å². The van der Waals surface area contributed by atoms with Crippen LogP contribution in [0.1, 0.15) is 30.0 Å². The Morgan fingerprint density at radius 3 is 2.52 bits per heavy atom. The molecule has 2 N–H and O–H groups in total. The van der Waals surface area contributed by atoms with E-state index in [1.165, 1.54) is 11.1 Å². The molecule has 1 heterocycles. The summed E-state index contributed by atoms with van der Waals surface area (Å²) in [6.45, 7) is 6.32. The van der Waals surface area contributed by atoms with Crippen molar-refractivity contribution >= 4 is 29.9 Å². The van der Waals surface area contributed by atoms with Crippen molar-refractivity contribution in [3.63, 3.8) is 0 Å². The van der Waals surface area contributed by atoms with Gasteiger partial charge in [0, 0.05) is 32.1 Å². The zero-order valence-electron chi connectivity index (χ0n) is 19.4. The van der Waals surface area contributed by atoms with Crippen molar-refractivity contribution in [3.8, 4) is 5.75 Å². The summed E-state index contributed by atoms with van der Waals surface area (Å²) in [5.74, 6) is 1.67. The van der Waals surface area contributed by atoms with Crippen LogP contribution in [0, 0.1) is 0 Å². The molecular formula is C25H34IN5O2. The highest BCUT2D eigenvalue weighted by Gasteiger charge is 2.04. The second kappa shape index (κ2) is 15.3. The Morgan fingerprint density at radius 2 is 1.82 bits per heavy atom. The van der Waals surface area contributed by atoms with Crippen molar-refractivity contribution < 1.29 is 9.47 Å². The molecule has 3 aromatic rings. The molecule has 1 aromatic heterocycles. The molecule has 178 valence electrons. The summed E-state index contributed by atoms with van der Waals surface area (Å²) in [5, 5.41) is 11.0. The molecule has 0 saturated carbocycles. The molecule has 2 aromatic carbocycles. The number of nitrogens with one attached hydrogen (secondary N) is 2. The molecule has 0 atom stereocenters. The molecule has 0 fully saturated rings. The Kier molecular flexibility index (Phi) is 12.3. The van der Waals surface area contributed by atoms with Crippen molar-refractivity contribution in [1.82, 2.24) is 20.4 Å². The van der Waals surface area contributed by atoms with Crippen LogP contribution in [0.4, 0.5) is 0 Å². The molecule has 8 heteroatoms. The molecule has 7 nitrogen and oxygen atoms in total. The summed E-state index contributed by atoms with van der Waals surface area (Å²) in [4.78, 5) is 4.77. The Bertz CT molecular complexity index is 946. The zero-order chi connectivity index (χ0) is 22.4. The fraction of sp³-hybridized carbons (Fsp3) is 0.360. The van der Waals surface area contributed by atoms with Gasteiger partial charge in [-0.2, -0.15) is 5.10 Å². The van der Waals surface area contributed by atoms with Gasteiger partial charge in [-0.05, 0) is 48.2 Å². The van der Waals surface area contributed by atoms with Gasteiger partial charge in [-0.25, -0.2) is 4.99 Å². The van der Waals surface area contributed by atoms with Crippen LogP contribution in [0.5, 0.6) is 5.75 Å². The Balaban J connectivity index is 0.00000385. The van der Waals surface area contributed by atoms with E-state index in [0.717, 1.165) is 43.3 Å². The molecular weight excluding hydrogens is 529 g/mol. The van der Waals surface area contributed by atoms with Crippen molar-refractivity contribution in [1.29, 1.82) is 0 Å². The number of benzene rings is 2. The highest BCUT2D eigenvalue weighted by molar-refractivity contribution is 14.0. The molecule has 33 heavy (non-hydrogen) atoms. The average Bonchev–Trinajstić information content (AvgIpc) is 3.34. The minimum Gasteiger partial charge on any atom is -0.497 e. The molecule has 0 unspecified atom stereocenters. The van der Waals surface area contributed by atoms with E-state index in [0.29, 0.717) is 19.8 Å². The molecule has 0 aliphatic rings. The van der Waals surface area contributed by atoms with Crippen LogP contribution in [0.2, 0.25) is 0 Å². The molecule has 0 spiro atoms. The van der Waals surface area contributed by atoms with Crippen molar-refractivity contribution in [2.75, 3.05) is 26.8 Å². The second-order valence-electron chi connectivity index (χ2n) is 7.35. The topological polar surface area (TPSA) is 72.7 Å². The van der Waals surface area contributed by atoms with Gasteiger partial charge in [0.15, 0.2) is 5.96 Å². The third-order valence-electron chi connectivity index (χ3n) is 4.95. The number of hydrogen-bond donors (Lipinski definition) is 2. The standard InChI is InChI=1S/C25H33N5O2.HI/c1-3-26-25(27-14-7-17-32-20-21-10-12-24(31-2)13-11-21)28-18-22-8-4-5-9-23(22)19-30-16-6-15-29-30;/h4-6,8-13,15-16H,3,7,14,17-20H2,1-2H3,(H2,26,27,28);1H. The fourth-order valence-corrected chi connectivity index (χ4v) is 3.23. The number of methoxy groups -OCH3 is 1. The van der Waals surface area contributed by atoms with Gasteiger partial charge in [-0.1, -0.05) is 36.4 Å². The highest BCUT2D eigenvalue weighted by Crippen LogP contribution is 2.13. The summed E-state index contributed by atoms with van der Waals surface area (Å²) in [5.41, 5.74) is 3.56. The van der Waals surface area contributed by atoms with Crippen LogP contribution in [-0.4, -0.2) is 42.5 Å². The van der Waals surface area contributed by atoms with Gasteiger partial charge < -0.3 is 20.1 Å². The number of rotatable bonds is 12. The van der Waals surface area contributed by atoms with Crippen LogP contribution < -0.4 is 15.4 Å². The smallest absolute Gasteiger partial charge is 0.191 e. The van der Waals surface area contributed by atoms with E-state index in [9.17, 15) is 0 Å². The Hall–Kier alpha value is -2.59. The van der Waals surface area contributed by atoms with Crippen LogP contribution in [0.15, 0.2) is 72.0 Å². The molecule has 0 saturated heterocycles. The van der Waals surface area contributed by atoms with Gasteiger partial charge in [-0.15, -0.1) is 24.0 Å². The first kappa shape index (κ1) is 26.7. The number of halogens is 1. The molecule has 0 bridgehead atoms. The van der Waals surface area contributed by atoms with Gasteiger partial charge in [-0.3, -0.25) is 4.68 Å². The zero-order valence-corrected chi connectivity index (χ0v) is 21.7. The van der Waals surface area contributed by atoms with E-state index in [-0.39, 0.29) is 24.0 Å². The SMILES string of the molecule is CCNC(=NCc1ccccc1Cn1cccn1)NCCCOCc1ccc(OC)cc1.I. The van der Waals surface area contributed by atoms with Gasteiger partial charge in [0.1, 0.15) is 5.75 Å².